The van der Waals surface area contributed by atoms with E-state index in [1.54, 1.807) is 12.3 Å². The third-order valence-electron chi connectivity index (χ3n) is 2.66. The number of nitrogens with zero attached hydrogens (tertiary/aromatic N) is 2. The fraction of sp³-hybridized carbons (Fsp3) is 0.308. The zero-order valence-electron chi connectivity index (χ0n) is 10.3. The van der Waals surface area contributed by atoms with Crippen molar-refractivity contribution in [3.8, 4) is 12.3 Å². The Morgan fingerprint density at radius 2 is 2.37 bits per heavy atom. The van der Waals surface area contributed by atoms with E-state index >= 15 is 0 Å². The van der Waals surface area contributed by atoms with E-state index in [-0.39, 0.29) is 5.91 Å². The number of nitrogen functional groups attached to an aromatic ring is 1. The van der Waals surface area contributed by atoms with E-state index in [9.17, 15) is 4.79 Å². The number of nitrogens with two attached hydrogens (primary N) is 1. The third kappa shape index (κ3) is 3.01. The number of carbonyl (C=O) groups excluding carboxylic acids is 1. The van der Waals surface area contributed by atoms with Gasteiger partial charge in [0.1, 0.15) is 9.71 Å². The van der Waals surface area contributed by atoms with Gasteiger partial charge in [-0.2, -0.15) is 5.10 Å². The highest BCUT2D eigenvalue weighted by Gasteiger charge is 2.16. The van der Waals surface area contributed by atoms with Gasteiger partial charge in [0.2, 0.25) is 0 Å². The summed E-state index contributed by atoms with van der Waals surface area (Å²) in [6.45, 7) is 0.597. The minimum absolute atomic E-state index is 0.166. The lowest BCUT2D eigenvalue weighted by molar-refractivity contribution is 0.0958. The minimum atomic E-state index is -0.166. The number of rotatable bonds is 5. The maximum atomic E-state index is 12.0. The fourth-order valence-corrected chi connectivity index (χ4v) is 2.63. The van der Waals surface area contributed by atoms with Gasteiger partial charge in [0.05, 0.1) is 11.9 Å². The van der Waals surface area contributed by atoms with Gasteiger partial charge in [-0.3, -0.25) is 4.79 Å². The van der Waals surface area contributed by atoms with Gasteiger partial charge in [-0.1, -0.05) is 0 Å². The van der Waals surface area contributed by atoms with E-state index in [1.807, 2.05) is 0 Å². The normalized spacial score (nSPS) is 10.3. The van der Waals surface area contributed by atoms with Crippen molar-refractivity contribution in [2.45, 2.75) is 19.3 Å². The first-order valence-corrected chi connectivity index (χ1v) is 6.77. The number of amides is 1. The van der Waals surface area contributed by atoms with Crippen molar-refractivity contribution in [3.63, 3.8) is 0 Å². The molecule has 0 spiro atoms. The van der Waals surface area contributed by atoms with Crippen LogP contribution in [-0.2, 0) is 0 Å². The predicted molar refractivity (Wildman–Crippen MR) is 76.8 cm³/mol. The maximum absolute atomic E-state index is 12.0. The molecular formula is C13H14N4OS. The van der Waals surface area contributed by atoms with E-state index in [1.165, 1.54) is 11.3 Å². The zero-order chi connectivity index (χ0) is 13.7. The van der Waals surface area contributed by atoms with Gasteiger partial charge in [0.15, 0.2) is 0 Å². The van der Waals surface area contributed by atoms with E-state index < -0.39 is 0 Å². The number of fused-ring (bicyclic) bond motifs is 1. The molecule has 0 saturated heterocycles. The van der Waals surface area contributed by atoms with Crippen LogP contribution in [0, 0.1) is 12.3 Å². The molecule has 0 aliphatic rings. The molecule has 2 aromatic rings. The lowest BCUT2D eigenvalue weighted by atomic mass is 10.2. The van der Waals surface area contributed by atoms with Crippen molar-refractivity contribution in [3.05, 3.63) is 17.1 Å². The molecule has 2 aromatic heterocycles. The van der Waals surface area contributed by atoms with Gasteiger partial charge < -0.3 is 11.1 Å². The average Bonchev–Trinajstić information content (AvgIpc) is 2.76. The van der Waals surface area contributed by atoms with Crippen molar-refractivity contribution in [2.24, 2.45) is 0 Å². The summed E-state index contributed by atoms with van der Waals surface area (Å²) in [5, 5.41) is 11.3. The summed E-state index contributed by atoms with van der Waals surface area (Å²) in [4.78, 5) is 13.2. The molecule has 5 nitrogen and oxygen atoms in total. The van der Waals surface area contributed by atoms with Crippen molar-refractivity contribution >= 4 is 33.1 Å². The van der Waals surface area contributed by atoms with Crippen LogP contribution >= 0.6 is 11.3 Å². The van der Waals surface area contributed by atoms with Crippen LogP contribution in [0.4, 0.5) is 5.69 Å². The molecule has 0 aliphatic heterocycles. The smallest absolute Gasteiger partial charge is 0.263 e. The fourth-order valence-electron chi connectivity index (χ4n) is 1.68. The summed E-state index contributed by atoms with van der Waals surface area (Å²) >= 11 is 1.26. The Labute approximate surface area is 115 Å². The molecule has 0 atom stereocenters. The number of unbranched alkanes of at least 4 members (excludes halogenated alkanes) is 2. The molecule has 0 radical (unpaired) electrons. The van der Waals surface area contributed by atoms with E-state index in [4.69, 9.17) is 12.2 Å². The molecule has 3 N–H and O–H groups in total. The summed E-state index contributed by atoms with van der Waals surface area (Å²) in [7, 11) is 0. The van der Waals surface area contributed by atoms with E-state index in [2.05, 4.69) is 21.4 Å². The first-order chi connectivity index (χ1) is 9.24. The molecule has 2 rings (SSSR count). The Morgan fingerprint density at radius 3 is 3.11 bits per heavy atom. The van der Waals surface area contributed by atoms with Crippen LogP contribution in [0.15, 0.2) is 12.3 Å². The van der Waals surface area contributed by atoms with Gasteiger partial charge in [-0.05, 0) is 18.9 Å². The highest BCUT2D eigenvalue weighted by Crippen LogP contribution is 2.31. The van der Waals surface area contributed by atoms with Crippen LogP contribution in [0.1, 0.15) is 28.9 Å². The maximum Gasteiger partial charge on any atom is 0.263 e. The summed E-state index contributed by atoms with van der Waals surface area (Å²) in [5.41, 5.74) is 6.42. The predicted octanol–water partition coefficient (Wildman–Crippen LogP) is 1.81. The first kappa shape index (κ1) is 13.3. The van der Waals surface area contributed by atoms with Crippen LogP contribution in [0.25, 0.3) is 10.2 Å². The standard InChI is InChI=1S/C13H14N4OS/c1-2-3-4-5-7-15-12(18)11-10(14)9-6-8-16-17-13(9)19-11/h1,6,8H,3-5,7,14H2,(H,15,18). The number of anilines is 1. The molecule has 19 heavy (non-hydrogen) atoms. The molecule has 98 valence electrons. The lowest BCUT2D eigenvalue weighted by Gasteiger charge is -2.03. The molecule has 2 heterocycles. The number of hydrogen-bond acceptors (Lipinski definition) is 5. The second-order valence-corrected chi connectivity index (χ2v) is 5.01. The van der Waals surface area contributed by atoms with Crippen LogP contribution in [0.5, 0.6) is 0 Å². The Bertz CT molecular complexity index is 629. The van der Waals surface area contributed by atoms with Crippen molar-refractivity contribution in [1.29, 1.82) is 0 Å². The minimum Gasteiger partial charge on any atom is -0.397 e. The van der Waals surface area contributed by atoms with Gasteiger partial charge >= 0.3 is 0 Å². The number of terminal acetylenes is 1. The van der Waals surface area contributed by atoms with Crippen LogP contribution in [0.2, 0.25) is 0 Å². The molecule has 0 aliphatic carbocycles. The monoisotopic (exact) mass is 274 g/mol. The summed E-state index contributed by atoms with van der Waals surface area (Å²) in [6.07, 6.45) is 9.22. The van der Waals surface area contributed by atoms with Gasteiger partial charge in [0.25, 0.3) is 5.91 Å². The van der Waals surface area contributed by atoms with Crippen molar-refractivity contribution in [1.82, 2.24) is 15.5 Å². The summed E-state index contributed by atoms with van der Waals surface area (Å²) in [6, 6.07) is 1.76. The molecule has 0 bridgehead atoms. The highest BCUT2D eigenvalue weighted by atomic mass is 32.1. The number of nitrogens with one attached hydrogen (secondary N) is 1. The highest BCUT2D eigenvalue weighted by molar-refractivity contribution is 7.21. The Morgan fingerprint density at radius 1 is 1.53 bits per heavy atom. The Kier molecular flexibility index (Phi) is 4.31. The van der Waals surface area contributed by atoms with Crippen LogP contribution < -0.4 is 11.1 Å². The van der Waals surface area contributed by atoms with Crippen molar-refractivity contribution in [2.75, 3.05) is 12.3 Å². The van der Waals surface area contributed by atoms with E-state index in [0.717, 1.165) is 24.6 Å². The molecular weight excluding hydrogens is 260 g/mol. The Balaban J connectivity index is 2.02. The molecule has 1 amide bonds. The zero-order valence-corrected chi connectivity index (χ0v) is 11.2. The molecule has 0 saturated carbocycles. The number of thiophene rings is 1. The lowest BCUT2D eigenvalue weighted by Crippen LogP contribution is -2.24. The van der Waals surface area contributed by atoms with Crippen LogP contribution in [0.3, 0.4) is 0 Å². The summed E-state index contributed by atoms with van der Waals surface area (Å²) < 4.78 is 0. The average molecular weight is 274 g/mol. The Hall–Kier alpha value is -2.13. The van der Waals surface area contributed by atoms with Gasteiger partial charge in [0, 0.05) is 18.4 Å². The summed E-state index contributed by atoms with van der Waals surface area (Å²) in [5.74, 6) is 2.40. The molecule has 0 fully saturated rings. The largest absolute Gasteiger partial charge is 0.397 e. The van der Waals surface area contributed by atoms with Gasteiger partial charge in [-0.15, -0.1) is 28.8 Å². The SMILES string of the molecule is C#CCCCCNC(=O)c1sc2nnccc2c1N. The number of aromatic nitrogens is 2. The van der Waals surface area contributed by atoms with Crippen molar-refractivity contribution < 1.29 is 4.79 Å². The molecule has 6 heteroatoms. The topological polar surface area (TPSA) is 80.9 Å². The second-order valence-electron chi connectivity index (χ2n) is 4.01. The molecule has 0 aromatic carbocycles. The van der Waals surface area contributed by atoms with Crippen LogP contribution in [-0.4, -0.2) is 22.6 Å². The van der Waals surface area contributed by atoms with Gasteiger partial charge in [-0.25, -0.2) is 0 Å². The number of hydrogen-bond donors (Lipinski definition) is 2. The quantitative estimate of drug-likeness (QED) is 0.643. The molecule has 0 unspecified atom stereocenters. The first-order valence-electron chi connectivity index (χ1n) is 5.95. The number of carbonyl (C=O) groups is 1. The third-order valence-corrected chi connectivity index (χ3v) is 3.76. The van der Waals surface area contributed by atoms with E-state index in [0.29, 0.717) is 21.9 Å². The second kappa shape index (κ2) is 6.16.